The average Bonchev–Trinajstić information content (AvgIpc) is 2.43. The minimum Gasteiger partial charge on any atom is -0.491 e. The van der Waals surface area contributed by atoms with Gasteiger partial charge in [0.15, 0.2) is 5.75 Å². The lowest BCUT2D eigenvalue weighted by atomic mass is 10.1. The maximum absolute atomic E-state index is 12.3. The van der Waals surface area contributed by atoms with E-state index < -0.39 is 0 Å². The molecule has 0 bridgehead atoms. The summed E-state index contributed by atoms with van der Waals surface area (Å²) in [5.74, 6) is 0.0724. The van der Waals surface area contributed by atoms with Crippen molar-refractivity contribution in [3.63, 3.8) is 0 Å². The van der Waals surface area contributed by atoms with Crippen LogP contribution in [0.1, 0.15) is 30.1 Å². The molecular weight excluding hydrogens is 256 g/mol. The number of carbonyl (C=O) groups is 1. The van der Waals surface area contributed by atoms with Gasteiger partial charge in [-0.05, 0) is 38.9 Å². The molecule has 2 N–H and O–H groups in total. The molecule has 5 heteroatoms. The molecule has 5 nitrogen and oxygen atoms in total. The number of ether oxygens (including phenoxy) is 2. The third-order valence-corrected chi connectivity index (χ3v) is 3.49. The number of benzene rings is 1. The van der Waals surface area contributed by atoms with Gasteiger partial charge in [0.05, 0.1) is 12.3 Å². The number of nitrogen functional groups attached to an aromatic ring is 1. The SMILES string of the molecule is CCOc1c(N)cccc1C(=O)OC1CCN(C)CC1. The first kappa shape index (κ1) is 14.7. The first-order valence-corrected chi connectivity index (χ1v) is 7.02. The van der Waals surface area contributed by atoms with E-state index in [1.807, 2.05) is 6.92 Å². The van der Waals surface area contributed by atoms with Crippen LogP contribution in [-0.2, 0) is 4.74 Å². The zero-order valence-corrected chi connectivity index (χ0v) is 12.1. The molecule has 0 spiro atoms. The highest BCUT2D eigenvalue weighted by Gasteiger charge is 2.23. The minimum absolute atomic E-state index is 0.0189. The molecule has 0 radical (unpaired) electrons. The third kappa shape index (κ3) is 3.42. The number of nitrogens with two attached hydrogens (primary N) is 1. The fourth-order valence-electron chi connectivity index (χ4n) is 2.34. The summed E-state index contributed by atoms with van der Waals surface area (Å²) in [6.45, 7) is 4.22. The Balaban J connectivity index is 2.07. The smallest absolute Gasteiger partial charge is 0.342 e. The van der Waals surface area contributed by atoms with Gasteiger partial charge in [-0.2, -0.15) is 0 Å². The van der Waals surface area contributed by atoms with E-state index in [9.17, 15) is 4.79 Å². The zero-order chi connectivity index (χ0) is 14.5. The van der Waals surface area contributed by atoms with Crippen LogP contribution in [0.25, 0.3) is 0 Å². The summed E-state index contributed by atoms with van der Waals surface area (Å²) in [5, 5.41) is 0. The summed E-state index contributed by atoms with van der Waals surface area (Å²) in [4.78, 5) is 14.5. The van der Waals surface area contributed by atoms with Gasteiger partial charge in [-0.1, -0.05) is 6.07 Å². The average molecular weight is 278 g/mol. The molecule has 1 aliphatic rings. The highest BCUT2D eigenvalue weighted by atomic mass is 16.5. The van der Waals surface area contributed by atoms with Crippen molar-refractivity contribution in [2.75, 3.05) is 32.5 Å². The summed E-state index contributed by atoms with van der Waals surface area (Å²) in [6.07, 6.45) is 1.72. The number of para-hydroxylation sites is 1. The van der Waals surface area contributed by atoms with Crippen molar-refractivity contribution < 1.29 is 14.3 Å². The van der Waals surface area contributed by atoms with Crippen molar-refractivity contribution in [2.24, 2.45) is 0 Å². The number of rotatable bonds is 4. The summed E-state index contributed by atoms with van der Waals surface area (Å²) >= 11 is 0. The van der Waals surface area contributed by atoms with Gasteiger partial charge in [0.25, 0.3) is 0 Å². The number of likely N-dealkylation sites (tertiary alicyclic amines) is 1. The molecule has 0 aromatic heterocycles. The van der Waals surface area contributed by atoms with E-state index in [0.29, 0.717) is 23.6 Å². The Morgan fingerprint density at radius 3 is 2.75 bits per heavy atom. The summed E-state index contributed by atoms with van der Waals surface area (Å²) in [7, 11) is 2.07. The lowest BCUT2D eigenvalue weighted by Gasteiger charge is -2.28. The predicted octanol–water partition coefficient (Wildman–Crippen LogP) is 1.92. The number of nitrogens with zero attached hydrogens (tertiary/aromatic N) is 1. The largest absolute Gasteiger partial charge is 0.491 e. The van der Waals surface area contributed by atoms with Gasteiger partial charge < -0.3 is 20.1 Å². The minimum atomic E-state index is -0.352. The molecule has 2 rings (SSSR count). The van der Waals surface area contributed by atoms with E-state index in [4.69, 9.17) is 15.2 Å². The molecular formula is C15H22N2O3. The molecule has 0 atom stereocenters. The van der Waals surface area contributed by atoms with E-state index in [0.717, 1.165) is 25.9 Å². The highest BCUT2D eigenvalue weighted by molar-refractivity contribution is 5.94. The van der Waals surface area contributed by atoms with Crippen LogP contribution in [0.4, 0.5) is 5.69 Å². The van der Waals surface area contributed by atoms with Crippen molar-refractivity contribution >= 4 is 11.7 Å². The Kier molecular flexibility index (Phi) is 4.84. The van der Waals surface area contributed by atoms with Gasteiger partial charge in [0, 0.05) is 13.1 Å². The molecule has 0 unspecified atom stereocenters. The van der Waals surface area contributed by atoms with Gasteiger partial charge in [-0.25, -0.2) is 4.79 Å². The quantitative estimate of drug-likeness (QED) is 0.673. The molecule has 1 aromatic rings. The van der Waals surface area contributed by atoms with Crippen LogP contribution >= 0.6 is 0 Å². The van der Waals surface area contributed by atoms with Crippen LogP contribution in [0.5, 0.6) is 5.75 Å². The molecule has 0 amide bonds. The van der Waals surface area contributed by atoms with Gasteiger partial charge in [0.1, 0.15) is 11.7 Å². The molecule has 0 saturated carbocycles. The molecule has 1 saturated heterocycles. The summed E-state index contributed by atoms with van der Waals surface area (Å²) in [6, 6.07) is 5.15. The lowest BCUT2D eigenvalue weighted by molar-refractivity contribution is 0.0136. The standard InChI is InChI=1S/C15H22N2O3/c1-3-19-14-12(5-4-6-13(14)16)15(18)20-11-7-9-17(2)10-8-11/h4-6,11H,3,7-10,16H2,1-2H3. The number of hydrogen-bond donors (Lipinski definition) is 1. The maximum atomic E-state index is 12.3. The molecule has 110 valence electrons. The van der Waals surface area contributed by atoms with Gasteiger partial charge in [-0.3, -0.25) is 0 Å². The van der Waals surface area contributed by atoms with Gasteiger partial charge in [-0.15, -0.1) is 0 Å². The Bertz CT molecular complexity index is 468. The number of esters is 1. The monoisotopic (exact) mass is 278 g/mol. The van der Waals surface area contributed by atoms with Crippen LogP contribution < -0.4 is 10.5 Å². The Labute approximate surface area is 119 Å². The molecule has 1 aromatic carbocycles. The number of anilines is 1. The van der Waals surface area contributed by atoms with Crippen molar-refractivity contribution in [2.45, 2.75) is 25.9 Å². The van der Waals surface area contributed by atoms with Crippen molar-refractivity contribution in [3.8, 4) is 5.75 Å². The van der Waals surface area contributed by atoms with Crippen LogP contribution in [0.2, 0.25) is 0 Å². The summed E-state index contributed by atoms with van der Waals surface area (Å²) in [5.41, 5.74) is 6.73. The van der Waals surface area contributed by atoms with E-state index in [1.54, 1.807) is 18.2 Å². The second-order valence-corrected chi connectivity index (χ2v) is 5.06. The van der Waals surface area contributed by atoms with E-state index in [1.165, 1.54) is 0 Å². The Hall–Kier alpha value is -1.75. The molecule has 0 aliphatic carbocycles. The second kappa shape index (κ2) is 6.61. The number of carbonyl (C=O) groups excluding carboxylic acids is 1. The van der Waals surface area contributed by atoms with Crippen LogP contribution in [0.3, 0.4) is 0 Å². The van der Waals surface area contributed by atoms with E-state index >= 15 is 0 Å². The van der Waals surface area contributed by atoms with E-state index in [-0.39, 0.29) is 12.1 Å². The summed E-state index contributed by atoms with van der Waals surface area (Å²) < 4.78 is 11.0. The van der Waals surface area contributed by atoms with E-state index in [2.05, 4.69) is 11.9 Å². The van der Waals surface area contributed by atoms with Crippen molar-refractivity contribution in [3.05, 3.63) is 23.8 Å². The van der Waals surface area contributed by atoms with Gasteiger partial charge >= 0.3 is 5.97 Å². The van der Waals surface area contributed by atoms with Crippen molar-refractivity contribution in [1.82, 2.24) is 4.90 Å². The molecule has 1 heterocycles. The highest BCUT2D eigenvalue weighted by Crippen LogP contribution is 2.28. The zero-order valence-electron chi connectivity index (χ0n) is 12.1. The normalized spacial score (nSPS) is 16.9. The number of hydrogen-bond acceptors (Lipinski definition) is 5. The topological polar surface area (TPSA) is 64.8 Å². The molecule has 1 aliphatic heterocycles. The van der Waals surface area contributed by atoms with Crippen LogP contribution in [0.15, 0.2) is 18.2 Å². The third-order valence-electron chi connectivity index (χ3n) is 3.49. The maximum Gasteiger partial charge on any atom is 0.342 e. The van der Waals surface area contributed by atoms with Crippen LogP contribution in [-0.4, -0.2) is 43.7 Å². The molecule has 20 heavy (non-hydrogen) atoms. The number of piperidine rings is 1. The fourth-order valence-corrected chi connectivity index (χ4v) is 2.34. The Morgan fingerprint density at radius 1 is 1.40 bits per heavy atom. The predicted molar refractivity (Wildman–Crippen MR) is 78.0 cm³/mol. The van der Waals surface area contributed by atoms with Gasteiger partial charge in [0.2, 0.25) is 0 Å². The lowest BCUT2D eigenvalue weighted by Crippen LogP contribution is -2.35. The van der Waals surface area contributed by atoms with Crippen LogP contribution in [0, 0.1) is 0 Å². The molecule has 1 fully saturated rings. The first-order valence-electron chi connectivity index (χ1n) is 7.02. The fraction of sp³-hybridized carbons (Fsp3) is 0.533. The Morgan fingerprint density at radius 2 is 2.10 bits per heavy atom. The second-order valence-electron chi connectivity index (χ2n) is 5.06. The first-order chi connectivity index (χ1) is 9.61. The van der Waals surface area contributed by atoms with Crippen molar-refractivity contribution in [1.29, 1.82) is 0 Å².